The second-order valence-corrected chi connectivity index (χ2v) is 6.34. The lowest BCUT2D eigenvalue weighted by atomic mass is 10.1. The normalized spacial score (nSPS) is 11.5. The van der Waals surface area contributed by atoms with Gasteiger partial charge in [-0.15, -0.1) is 12.4 Å². The Morgan fingerprint density at radius 1 is 0.929 bits per heavy atom. The Hall–Kier alpha value is -2.50. The quantitative estimate of drug-likeness (QED) is 0.460. The summed E-state index contributed by atoms with van der Waals surface area (Å²) in [6, 6.07) is 16.3. The Morgan fingerprint density at radius 3 is 2.14 bits per heavy atom. The zero-order valence-electron chi connectivity index (χ0n) is 16.3. The molecule has 1 atom stereocenters. The standard InChI is InChI=1S/C22H26N2O3.ClH/c1-25-20-9-5-18(6-10-20)4-3-15-27-22(16-24-14-13-23-17-24)19-7-11-21(26-2)12-8-19;/h5-14,17,22H,3-4,15-16H2,1-2H3;1H/t22-;/m1./s1. The molecular formula is C22H27ClN2O3. The van der Waals surface area contributed by atoms with Crippen molar-refractivity contribution in [3.8, 4) is 11.5 Å². The van der Waals surface area contributed by atoms with E-state index in [0.29, 0.717) is 6.61 Å². The van der Waals surface area contributed by atoms with E-state index in [1.807, 2.05) is 41.4 Å². The maximum absolute atomic E-state index is 6.23. The number of rotatable bonds is 10. The van der Waals surface area contributed by atoms with Gasteiger partial charge in [-0.1, -0.05) is 24.3 Å². The molecule has 150 valence electrons. The lowest BCUT2D eigenvalue weighted by Gasteiger charge is -2.19. The van der Waals surface area contributed by atoms with Crippen molar-refractivity contribution in [2.45, 2.75) is 25.5 Å². The van der Waals surface area contributed by atoms with Gasteiger partial charge in [0, 0.05) is 19.0 Å². The first kappa shape index (κ1) is 21.8. The lowest BCUT2D eigenvalue weighted by molar-refractivity contribution is 0.0390. The van der Waals surface area contributed by atoms with E-state index < -0.39 is 0 Å². The number of hydrogen-bond donors (Lipinski definition) is 0. The molecule has 0 aliphatic rings. The molecule has 6 heteroatoms. The zero-order valence-corrected chi connectivity index (χ0v) is 17.1. The SMILES string of the molecule is COc1ccc(CCCO[C@H](Cn2ccnc2)c2ccc(OC)cc2)cc1.Cl. The van der Waals surface area contributed by atoms with Crippen LogP contribution < -0.4 is 9.47 Å². The van der Waals surface area contributed by atoms with Crippen LogP contribution in [-0.2, 0) is 17.7 Å². The van der Waals surface area contributed by atoms with Gasteiger partial charge in [-0.3, -0.25) is 0 Å². The summed E-state index contributed by atoms with van der Waals surface area (Å²) in [6.07, 6.45) is 7.47. The van der Waals surface area contributed by atoms with Crippen LogP contribution in [0.5, 0.6) is 11.5 Å². The minimum absolute atomic E-state index is 0. The summed E-state index contributed by atoms with van der Waals surface area (Å²) in [5.74, 6) is 1.73. The van der Waals surface area contributed by atoms with Crippen LogP contribution in [0.3, 0.4) is 0 Å². The molecule has 0 unspecified atom stereocenters. The fourth-order valence-electron chi connectivity index (χ4n) is 2.95. The number of hydrogen-bond acceptors (Lipinski definition) is 4. The number of imidazole rings is 1. The minimum atomic E-state index is -0.0269. The van der Waals surface area contributed by atoms with Crippen LogP contribution in [0.2, 0.25) is 0 Å². The van der Waals surface area contributed by atoms with Crippen molar-refractivity contribution in [2.24, 2.45) is 0 Å². The van der Waals surface area contributed by atoms with Crippen LogP contribution in [0.4, 0.5) is 0 Å². The molecule has 0 aliphatic carbocycles. The van der Waals surface area contributed by atoms with E-state index in [-0.39, 0.29) is 18.5 Å². The Labute approximate surface area is 172 Å². The summed E-state index contributed by atoms with van der Waals surface area (Å²) >= 11 is 0. The molecule has 2 aromatic carbocycles. The molecule has 0 saturated carbocycles. The van der Waals surface area contributed by atoms with Crippen molar-refractivity contribution >= 4 is 12.4 Å². The molecule has 0 aliphatic heterocycles. The number of nitrogens with zero attached hydrogens (tertiary/aromatic N) is 2. The average Bonchev–Trinajstić information content (AvgIpc) is 3.24. The fraction of sp³-hybridized carbons (Fsp3) is 0.318. The first-order valence-corrected chi connectivity index (χ1v) is 9.12. The average molecular weight is 403 g/mol. The van der Waals surface area contributed by atoms with Gasteiger partial charge in [-0.2, -0.15) is 0 Å². The highest BCUT2D eigenvalue weighted by atomic mass is 35.5. The molecule has 28 heavy (non-hydrogen) atoms. The van der Waals surface area contributed by atoms with Gasteiger partial charge < -0.3 is 18.8 Å². The van der Waals surface area contributed by atoms with Crippen LogP contribution in [0.15, 0.2) is 67.3 Å². The topological polar surface area (TPSA) is 45.5 Å². The third-order valence-corrected chi connectivity index (χ3v) is 4.51. The monoisotopic (exact) mass is 402 g/mol. The second-order valence-electron chi connectivity index (χ2n) is 6.34. The van der Waals surface area contributed by atoms with Gasteiger partial charge in [0.15, 0.2) is 0 Å². The number of aryl methyl sites for hydroxylation is 1. The summed E-state index contributed by atoms with van der Waals surface area (Å²) in [6.45, 7) is 1.42. The Morgan fingerprint density at radius 2 is 1.57 bits per heavy atom. The molecule has 3 aromatic rings. The molecule has 0 N–H and O–H groups in total. The van der Waals surface area contributed by atoms with Gasteiger partial charge in [-0.05, 0) is 48.2 Å². The van der Waals surface area contributed by atoms with Crippen LogP contribution in [0.25, 0.3) is 0 Å². The van der Waals surface area contributed by atoms with E-state index in [1.54, 1.807) is 20.4 Å². The molecule has 0 bridgehead atoms. The fourth-order valence-corrected chi connectivity index (χ4v) is 2.95. The van der Waals surface area contributed by atoms with Gasteiger partial charge in [0.1, 0.15) is 17.6 Å². The molecule has 1 aromatic heterocycles. The van der Waals surface area contributed by atoms with Gasteiger partial charge in [0.25, 0.3) is 0 Å². The number of benzene rings is 2. The Bertz CT molecular complexity index is 790. The summed E-state index contributed by atoms with van der Waals surface area (Å²) in [5.41, 5.74) is 2.42. The largest absolute Gasteiger partial charge is 0.497 e. The molecule has 0 fully saturated rings. The first-order chi connectivity index (χ1) is 13.3. The van der Waals surface area contributed by atoms with Crippen molar-refractivity contribution in [1.82, 2.24) is 9.55 Å². The lowest BCUT2D eigenvalue weighted by Crippen LogP contribution is -2.13. The van der Waals surface area contributed by atoms with E-state index in [2.05, 4.69) is 29.2 Å². The molecule has 5 nitrogen and oxygen atoms in total. The van der Waals surface area contributed by atoms with E-state index in [1.165, 1.54) is 5.56 Å². The third-order valence-electron chi connectivity index (χ3n) is 4.51. The third kappa shape index (κ3) is 6.29. The molecule has 0 saturated heterocycles. The van der Waals surface area contributed by atoms with Crippen LogP contribution in [0, 0.1) is 0 Å². The number of aromatic nitrogens is 2. The number of halogens is 1. The highest BCUT2D eigenvalue weighted by Crippen LogP contribution is 2.23. The van der Waals surface area contributed by atoms with Crippen molar-refractivity contribution in [2.75, 3.05) is 20.8 Å². The predicted octanol–water partition coefficient (Wildman–Crippen LogP) is 4.71. The van der Waals surface area contributed by atoms with E-state index in [0.717, 1.165) is 36.4 Å². The second kappa shape index (κ2) is 11.4. The molecule has 0 spiro atoms. The van der Waals surface area contributed by atoms with Crippen molar-refractivity contribution in [1.29, 1.82) is 0 Å². The number of methoxy groups -OCH3 is 2. The Balaban J connectivity index is 0.00000280. The van der Waals surface area contributed by atoms with Gasteiger partial charge >= 0.3 is 0 Å². The molecule has 0 amide bonds. The highest BCUT2D eigenvalue weighted by molar-refractivity contribution is 5.85. The molecule has 1 heterocycles. The van der Waals surface area contributed by atoms with Crippen LogP contribution >= 0.6 is 12.4 Å². The van der Waals surface area contributed by atoms with Crippen molar-refractivity contribution < 1.29 is 14.2 Å². The summed E-state index contributed by atoms with van der Waals surface area (Å²) in [5, 5.41) is 0. The highest BCUT2D eigenvalue weighted by Gasteiger charge is 2.13. The van der Waals surface area contributed by atoms with Crippen LogP contribution in [-0.4, -0.2) is 30.4 Å². The molecular weight excluding hydrogens is 376 g/mol. The van der Waals surface area contributed by atoms with Crippen molar-refractivity contribution in [3.63, 3.8) is 0 Å². The first-order valence-electron chi connectivity index (χ1n) is 9.12. The summed E-state index contributed by atoms with van der Waals surface area (Å²) < 4.78 is 18.7. The smallest absolute Gasteiger partial charge is 0.118 e. The minimum Gasteiger partial charge on any atom is -0.497 e. The molecule has 3 rings (SSSR count). The molecule has 0 radical (unpaired) electrons. The zero-order chi connectivity index (χ0) is 18.9. The predicted molar refractivity (Wildman–Crippen MR) is 112 cm³/mol. The maximum atomic E-state index is 6.23. The van der Waals surface area contributed by atoms with Gasteiger partial charge in [0.05, 0.1) is 27.1 Å². The van der Waals surface area contributed by atoms with Gasteiger partial charge in [0.2, 0.25) is 0 Å². The number of ether oxygens (including phenoxy) is 3. The van der Waals surface area contributed by atoms with Gasteiger partial charge in [-0.25, -0.2) is 4.98 Å². The van der Waals surface area contributed by atoms with E-state index >= 15 is 0 Å². The Kier molecular flexibility index (Phi) is 8.85. The summed E-state index contributed by atoms with van der Waals surface area (Å²) in [4.78, 5) is 4.12. The summed E-state index contributed by atoms with van der Waals surface area (Å²) in [7, 11) is 3.36. The van der Waals surface area contributed by atoms with Crippen molar-refractivity contribution in [3.05, 3.63) is 78.4 Å². The maximum Gasteiger partial charge on any atom is 0.118 e. The van der Waals surface area contributed by atoms with E-state index in [9.17, 15) is 0 Å². The van der Waals surface area contributed by atoms with Crippen LogP contribution in [0.1, 0.15) is 23.7 Å². The van der Waals surface area contributed by atoms with E-state index in [4.69, 9.17) is 14.2 Å².